The maximum atomic E-state index is 11.7. The van der Waals surface area contributed by atoms with E-state index in [2.05, 4.69) is 10.5 Å². The predicted octanol–water partition coefficient (Wildman–Crippen LogP) is 1.84. The van der Waals surface area contributed by atoms with Gasteiger partial charge in [0, 0.05) is 12.8 Å². The first-order chi connectivity index (χ1) is 7.45. The molecule has 0 aromatic rings. The molecule has 0 heterocycles. The van der Waals surface area contributed by atoms with Gasteiger partial charge < -0.3 is 16.3 Å². The molecule has 16 heavy (non-hydrogen) atoms. The highest BCUT2D eigenvalue weighted by Crippen LogP contribution is 2.21. The number of halogens is 3. The van der Waals surface area contributed by atoms with Crippen LogP contribution in [0.4, 0.5) is 13.2 Å². The SMILES string of the molecule is NC(CCCNCCCCC(F)(F)F)=NO. The van der Waals surface area contributed by atoms with Gasteiger partial charge in [-0.2, -0.15) is 13.2 Å². The normalized spacial score (nSPS) is 13.1. The van der Waals surface area contributed by atoms with Gasteiger partial charge in [-0.25, -0.2) is 0 Å². The predicted molar refractivity (Wildman–Crippen MR) is 55.4 cm³/mol. The fraction of sp³-hybridized carbons (Fsp3) is 0.889. The molecule has 4 N–H and O–H groups in total. The van der Waals surface area contributed by atoms with E-state index in [1.54, 1.807) is 0 Å². The summed E-state index contributed by atoms with van der Waals surface area (Å²) in [6.07, 6.45) is -2.94. The summed E-state index contributed by atoms with van der Waals surface area (Å²) < 4.78 is 35.2. The summed E-state index contributed by atoms with van der Waals surface area (Å²) in [4.78, 5) is 0. The zero-order valence-electron chi connectivity index (χ0n) is 9.06. The van der Waals surface area contributed by atoms with Gasteiger partial charge in [0.1, 0.15) is 5.84 Å². The molecule has 96 valence electrons. The van der Waals surface area contributed by atoms with Crippen LogP contribution in [0.25, 0.3) is 0 Å². The molecule has 0 saturated heterocycles. The maximum absolute atomic E-state index is 11.7. The van der Waals surface area contributed by atoms with E-state index in [-0.39, 0.29) is 12.3 Å². The second kappa shape index (κ2) is 8.20. The molecular formula is C9H18F3N3O. The summed E-state index contributed by atoms with van der Waals surface area (Å²) in [6.45, 7) is 1.22. The van der Waals surface area contributed by atoms with E-state index in [1.165, 1.54) is 0 Å². The minimum Gasteiger partial charge on any atom is -0.409 e. The molecule has 0 aliphatic heterocycles. The van der Waals surface area contributed by atoms with Gasteiger partial charge in [0.25, 0.3) is 0 Å². The fourth-order valence-electron chi connectivity index (χ4n) is 1.14. The Hall–Kier alpha value is -0.980. The van der Waals surface area contributed by atoms with Crippen LogP contribution in [-0.2, 0) is 0 Å². The van der Waals surface area contributed by atoms with E-state index < -0.39 is 12.6 Å². The molecule has 0 spiro atoms. The molecular weight excluding hydrogens is 223 g/mol. The van der Waals surface area contributed by atoms with Crippen LogP contribution in [0.5, 0.6) is 0 Å². The van der Waals surface area contributed by atoms with Crippen molar-refractivity contribution in [3.8, 4) is 0 Å². The van der Waals surface area contributed by atoms with Gasteiger partial charge in [-0.3, -0.25) is 0 Å². The highest BCUT2D eigenvalue weighted by atomic mass is 19.4. The Morgan fingerprint density at radius 2 is 1.81 bits per heavy atom. The highest BCUT2D eigenvalue weighted by molar-refractivity contribution is 5.79. The first-order valence-corrected chi connectivity index (χ1v) is 5.19. The highest BCUT2D eigenvalue weighted by Gasteiger charge is 2.25. The van der Waals surface area contributed by atoms with E-state index in [0.717, 1.165) is 0 Å². The van der Waals surface area contributed by atoms with Gasteiger partial charge in [0.05, 0.1) is 0 Å². The second-order valence-corrected chi connectivity index (χ2v) is 3.52. The van der Waals surface area contributed by atoms with Crippen molar-refractivity contribution in [2.75, 3.05) is 13.1 Å². The molecule has 7 heteroatoms. The minimum absolute atomic E-state index is 0.150. The zero-order chi connectivity index (χ0) is 12.4. The molecule has 0 rings (SSSR count). The van der Waals surface area contributed by atoms with Crippen LogP contribution in [0.3, 0.4) is 0 Å². The van der Waals surface area contributed by atoms with Gasteiger partial charge in [0.15, 0.2) is 0 Å². The largest absolute Gasteiger partial charge is 0.409 e. The number of alkyl halides is 3. The number of nitrogens with one attached hydrogen (secondary N) is 1. The molecule has 0 saturated carbocycles. The quantitative estimate of drug-likeness (QED) is 0.200. The van der Waals surface area contributed by atoms with Crippen molar-refractivity contribution < 1.29 is 18.4 Å². The van der Waals surface area contributed by atoms with Crippen molar-refractivity contribution in [3.05, 3.63) is 0 Å². The van der Waals surface area contributed by atoms with Crippen molar-refractivity contribution >= 4 is 5.84 Å². The average molecular weight is 241 g/mol. The molecule has 0 atom stereocenters. The van der Waals surface area contributed by atoms with Gasteiger partial charge in [-0.1, -0.05) is 5.16 Å². The van der Waals surface area contributed by atoms with Gasteiger partial charge in [0.2, 0.25) is 0 Å². The smallest absolute Gasteiger partial charge is 0.389 e. The maximum Gasteiger partial charge on any atom is 0.389 e. The Morgan fingerprint density at radius 3 is 2.38 bits per heavy atom. The summed E-state index contributed by atoms with van der Waals surface area (Å²) in [5.41, 5.74) is 5.23. The molecule has 0 aliphatic rings. The van der Waals surface area contributed by atoms with Gasteiger partial charge in [-0.05, 0) is 32.4 Å². The number of hydrogen-bond acceptors (Lipinski definition) is 3. The number of hydrogen-bond donors (Lipinski definition) is 3. The molecule has 0 aromatic heterocycles. The summed E-state index contributed by atoms with van der Waals surface area (Å²) in [5.74, 6) is 0.166. The van der Waals surface area contributed by atoms with Crippen LogP contribution in [0.15, 0.2) is 5.16 Å². The number of unbranched alkanes of at least 4 members (excludes halogenated alkanes) is 1. The molecule has 4 nitrogen and oxygen atoms in total. The third-order valence-electron chi connectivity index (χ3n) is 1.98. The Kier molecular flexibility index (Phi) is 7.70. The third-order valence-corrected chi connectivity index (χ3v) is 1.98. The summed E-state index contributed by atoms with van der Waals surface area (Å²) in [5, 5.41) is 14.0. The number of oxime groups is 1. The lowest BCUT2D eigenvalue weighted by Gasteiger charge is -2.06. The average Bonchev–Trinajstić information content (AvgIpc) is 2.20. The number of rotatable bonds is 8. The summed E-state index contributed by atoms with van der Waals surface area (Å²) >= 11 is 0. The lowest BCUT2D eigenvalue weighted by Crippen LogP contribution is -2.20. The Balaban J connectivity index is 3.16. The zero-order valence-corrected chi connectivity index (χ0v) is 9.06. The van der Waals surface area contributed by atoms with E-state index in [4.69, 9.17) is 10.9 Å². The van der Waals surface area contributed by atoms with Crippen LogP contribution in [-0.4, -0.2) is 30.3 Å². The minimum atomic E-state index is -4.05. The van der Waals surface area contributed by atoms with Crippen molar-refractivity contribution in [2.45, 2.75) is 38.3 Å². The molecule has 0 fully saturated rings. The van der Waals surface area contributed by atoms with Gasteiger partial charge >= 0.3 is 6.18 Å². The third kappa shape index (κ3) is 11.1. The van der Waals surface area contributed by atoms with Crippen molar-refractivity contribution in [1.82, 2.24) is 5.32 Å². The Bertz CT molecular complexity index is 207. The lowest BCUT2D eigenvalue weighted by molar-refractivity contribution is -0.135. The molecule has 0 unspecified atom stereocenters. The summed E-state index contributed by atoms with van der Waals surface area (Å²) in [7, 11) is 0. The topological polar surface area (TPSA) is 70.6 Å². The molecule has 0 bridgehead atoms. The first kappa shape index (κ1) is 15.0. The first-order valence-electron chi connectivity index (χ1n) is 5.19. The van der Waals surface area contributed by atoms with Crippen molar-refractivity contribution in [2.24, 2.45) is 10.9 Å². The van der Waals surface area contributed by atoms with Crippen LogP contribution in [0.2, 0.25) is 0 Å². The summed E-state index contributed by atoms with van der Waals surface area (Å²) in [6, 6.07) is 0. The van der Waals surface area contributed by atoms with Crippen molar-refractivity contribution in [1.29, 1.82) is 0 Å². The Morgan fingerprint density at radius 1 is 1.19 bits per heavy atom. The van der Waals surface area contributed by atoms with E-state index in [9.17, 15) is 13.2 Å². The second-order valence-electron chi connectivity index (χ2n) is 3.52. The van der Waals surface area contributed by atoms with E-state index >= 15 is 0 Å². The van der Waals surface area contributed by atoms with Crippen LogP contribution in [0, 0.1) is 0 Å². The monoisotopic (exact) mass is 241 g/mol. The molecule has 0 aliphatic carbocycles. The molecule has 0 radical (unpaired) electrons. The van der Waals surface area contributed by atoms with Gasteiger partial charge in [-0.15, -0.1) is 0 Å². The lowest BCUT2D eigenvalue weighted by atomic mass is 10.2. The van der Waals surface area contributed by atoms with E-state index in [1.807, 2.05) is 0 Å². The van der Waals surface area contributed by atoms with Crippen LogP contribution < -0.4 is 11.1 Å². The number of nitrogens with two attached hydrogens (primary N) is 1. The van der Waals surface area contributed by atoms with Crippen LogP contribution in [0.1, 0.15) is 32.1 Å². The fourth-order valence-corrected chi connectivity index (χ4v) is 1.14. The number of nitrogens with zero attached hydrogens (tertiary/aromatic N) is 1. The van der Waals surface area contributed by atoms with E-state index in [0.29, 0.717) is 32.4 Å². The van der Waals surface area contributed by atoms with Crippen LogP contribution >= 0.6 is 0 Å². The number of amidine groups is 1. The molecule has 0 aromatic carbocycles. The van der Waals surface area contributed by atoms with Crippen molar-refractivity contribution in [3.63, 3.8) is 0 Å². The molecule has 0 amide bonds. The Labute approximate surface area is 92.7 Å². The standard InChI is InChI=1S/C9H18F3N3O/c10-9(11,12)5-1-2-6-14-7-3-4-8(13)15-16/h14,16H,1-7H2,(H2,13,15).